The highest BCUT2D eigenvalue weighted by molar-refractivity contribution is 5.59. The van der Waals surface area contributed by atoms with Crippen molar-refractivity contribution >= 4 is 0 Å². The van der Waals surface area contributed by atoms with E-state index in [9.17, 15) is 5.11 Å². The van der Waals surface area contributed by atoms with Gasteiger partial charge in [-0.1, -0.05) is 48.5 Å². The minimum Gasteiger partial charge on any atom is -0.384 e. The van der Waals surface area contributed by atoms with Crippen LogP contribution in [0.5, 0.6) is 0 Å². The fourth-order valence-corrected chi connectivity index (χ4v) is 4.56. The smallest absolute Gasteiger partial charge is 0.0979 e. The minimum atomic E-state index is -0.597. The molecule has 2 aromatic carbocycles. The maximum atomic E-state index is 11.1. The fourth-order valence-electron chi connectivity index (χ4n) is 4.56. The highest BCUT2D eigenvalue weighted by Gasteiger charge is 2.70. The summed E-state index contributed by atoms with van der Waals surface area (Å²) >= 11 is 0. The topological polar surface area (TPSA) is 20.2 Å². The lowest BCUT2D eigenvalue weighted by Gasteiger charge is -2.33. The van der Waals surface area contributed by atoms with E-state index in [1.54, 1.807) is 0 Å². The average molecular weight is 234 g/mol. The Balaban J connectivity index is 1.79. The molecule has 4 unspecified atom stereocenters. The maximum Gasteiger partial charge on any atom is 0.0979 e. The van der Waals surface area contributed by atoms with Gasteiger partial charge in [0.15, 0.2) is 0 Å². The lowest BCUT2D eigenvalue weighted by molar-refractivity contribution is 0.0122. The van der Waals surface area contributed by atoms with E-state index in [-0.39, 0.29) is 0 Å². The standard InChI is InChI=1S/C17H14O/c18-17-9-10-5-1-2-6-11(10)14-15(16(14)17)12-7-3-4-8-13(12)17/h1-8,14-16,18H,9H2. The van der Waals surface area contributed by atoms with Crippen molar-refractivity contribution in [3.8, 4) is 0 Å². The van der Waals surface area contributed by atoms with Gasteiger partial charge in [0.05, 0.1) is 5.60 Å². The van der Waals surface area contributed by atoms with Gasteiger partial charge in [0.1, 0.15) is 0 Å². The molecule has 3 aliphatic rings. The van der Waals surface area contributed by atoms with Crippen molar-refractivity contribution in [3.63, 3.8) is 0 Å². The van der Waals surface area contributed by atoms with Crippen molar-refractivity contribution in [1.82, 2.24) is 0 Å². The number of benzene rings is 2. The van der Waals surface area contributed by atoms with Crippen LogP contribution in [0.3, 0.4) is 0 Å². The van der Waals surface area contributed by atoms with Gasteiger partial charge in [-0.05, 0) is 34.1 Å². The highest BCUT2D eigenvalue weighted by Crippen LogP contribution is 2.75. The van der Waals surface area contributed by atoms with E-state index < -0.39 is 5.60 Å². The maximum absolute atomic E-state index is 11.1. The van der Waals surface area contributed by atoms with Gasteiger partial charge in [0.25, 0.3) is 0 Å². The summed E-state index contributed by atoms with van der Waals surface area (Å²) in [6, 6.07) is 17.1. The molecule has 88 valence electrons. The summed E-state index contributed by atoms with van der Waals surface area (Å²) in [5.41, 5.74) is 4.81. The van der Waals surface area contributed by atoms with E-state index in [2.05, 4.69) is 48.5 Å². The highest BCUT2D eigenvalue weighted by atomic mass is 16.3. The van der Waals surface area contributed by atoms with Crippen LogP contribution in [-0.2, 0) is 12.0 Å². The van der Waals surface area contributed by atoms with Gasteiger partial charge in [-0.3, -0.25) is 0 Å². The Bertz CT molecular complexity index is 675. The van der Waals surface area contributed by atoms with Crippen molar-refractivity contribution < 1.29 is 5.11 Å². The molecule has 0 amide bonds. The van der Waals surface area contributed by atoms with Gasteiger partial charge in [-0.25, -0.2) is 0 Å². The van der Waals surface area contributed by atoms with Crippen molar-refractivity contribution in [3.05, 3.63) is 70.8 Å². The van der Waals surface area contributed by atoms with E-state index >= 15 is 0 Å². The van der Waals surface area contributed by atoms with Crippen LogP contribution < -0.4 is 0 Å². The number of rotatable bonds is 0. The lowest BCUT2D eigenvalue weighted by Crippen LogP contribution is -2.33. The Hall–Kier alpha value is -1.60. The molecule has 1 nitrogen and oxygen atoms in total. The molecule has 1 heteroatoms. The molecule has 5 rings (SSSR count). The molecule has 0 bridgehead atoms. The van der Waals surface area contributed by atoms with Crippen LogP contribution >= 0.6 is 0 Å². The number of aliphatic hydroxyl groups is 1. The predicted octanol–water partition coefficient (Wildman–Crippen LogP) is 2.94. The van der Waals surface area contributed by atoms with Gasteiger partial charge in [0.2, 0.25) is 0 Å². The zero-order valence-electron chi connectivity index (χ0n) is 10.0. The Morgan fingerprint density at radius 1 is 0.889 bits per heavy atom. The van der Waals surface area contributed by atoms with Gasteiger partial charge in [-0.2, -0.15) is 0 Å². The molecule has 4 atom stereocenters. The number of hydrogen-bond donors (Lipinski definition) is 1. The second kappa shape index (κ2) is 2.70. The fraction of sp³-hybridized carbons (Fsp3) is 0.294. The quantitative estimate of drug-likeness (QED) is 0.743. The van der Waals surface area contributed by atoms with Crippen LogP contribution in [0, 0.1) is 5.92 Å². The van der Waals surface area contributed by atoms with E-state index in [1.807, 2.05) is 0 Å². The zero-order chi connectivity index (χ0) is 11.9. The Labute approximate surface area is 106 Å². The molecule has 1 N–H and O–H groups in total. The first-order valence-electron chi connectivity index (χ1n) is 6.70. The molecule has 0 heterocycles. The summed E-state index contributed by atoms with van der Waals surface area (Å²) in [6.07, 6.45) is 0.790. The van der Waals surface area contributed by atoms with Crippen LogP contribution in [0.4, 0.5) is 0 Å². The van der Waals surface area contributed by atoms with E-state index in [4.69, 9.17) is 0 Å². The van der Waals surface area contributed by atoms with Crippen molar-refractivity contribution in [2.24, 2.45) is 5.92 Å². The predicted molar refractivity (Wildman–Crippen MR) is 69.5 cm³/mol. The molecule has 1 saturated carbocycles. The van der Waals surface area contributed by atoms with E-state index in [1.165, 1.54) is 22.3 Å². The minimum absolute atomic E-state index is 0.435. The van der Waals surface area contributed by atoms with Crippen LogP contribution in [0.15, 0.2) is 48.5 Å². The Kier molecular flexibility index (Phi) is 1.40. The second-order valence-electron chi connectivity index (χ2n) is 5.96. The molecule has 0 spiro atoms. The van der Waals surface area contributed by atoms with Gasteiger partial charge in [-0.15, -0.1) is 0 Å². The Morgan fingerprint density at radius 3 is 2.44 bits per heavy atom. The Morgan fingerprint density at radius 2 is 1.56 bits per heavy atom. The largest absolute Gasteiger partial charge is 0.384 e. The summed E-state index contributed by atoms with van der Waals surface area (Å²) in [4.78, 5) is 0. The molecule has 0 aromatic heterocycles. The third-order valence-corrected chi connectivity index (χ3v) is 5.23. The molecule has 1 fully saturated rings. The molecule has 0 aliphatic heterocycles. The molecular weight excluding hydrogens is 220 g/mol. The van der Waals surface area contributed by atoms with Gasteiger partial charge < -0.3 is 5.11 Å². The summed E-state index contributed by atoms with van der Waals surface area (Å²) < 4.78 is 0. The monoisotopic (exact) mass is 234 g/mol. The molecule has 0 radical (unpaired) electrons. The summed E-state index contributed by atoms with van der Waals surface area (Å²) in [7, 11) is 0. The first-order valence-corrected chi connectivity index (χ1v) is 6.70. The van der Waals surface area contributed by atoms with Crippen molar-refractivity contribution in [1.29, 1.82) is 0 Å². The molecule has 2 aromatic rings. The summed E-state index contributed by atoms with van der Waals surface area (Å²) in [5.74, 6) is 1.56. The number of hydrogen-bond acceptors (Lipinski definition) is 1. The van der Waals surface area contributed by atoms with Crippen LogP contribution in [0.2, 0.25) is 0 Å². The van der Waals surface area contributed by atoms with Gasteiger partial charge in [0, 0.05) is 12.3 Å². The average Bonchev–Trinajstić information content (AvgIpc) is 3.09. The molecule has 3 aliphatic carbocycles. The SMILES string of the molecule is OC12Cc3ccccc3C3C(c4ccccc41)C32. The van der Waals surface area contributed by atoms with Crippen molar-refractivity contribution in [2.45, 2.75) is 23.9 Å². The van der Waals surface area contributed by atoms with Crippen LogP contribution in [-0.4, -0.2) is 5.11 Å². The summed E-state index contributed by atoms with van der Waals surface area (Å²) in [5, 5.41) is 11.1. The lowest BCUT2D eigenvalue weighted by atomic mass is 9.76. The third-order valence-electron chi connectivity index (χ3n) is 5.23. The first kappa shape index (κ1) is 9.35. The van der Waals surface area contributed by atoms with E-state index in [0.29, 0.717) is 17.8 Å². The molecule has 0 saturated heterocycles. The summed E-state index contributed by atoms with van der Waals surface area (Å²) in [6.45, 7) is 0. The first-order chi connectivity index (χ1) is 8.81. The van der Waals surface area contributed by atoms with Crippen molar-refractivity contribution in [2.75, 3.05) is 0 Å². The van der Waals surface area contributed by atoms with E-state index in [0.717, 1.165) is 6.42 Å². The normalized spacial score (nSPS) is 37.7. The second-order valence-corrected chi connectivity index (χ2v) is 5.96. The number of fused-ring (bicyclic) bond motifs is 6. The zero-order valence-corrected chi connectivity index (χ0v) is 10.0. The van der Waals surface area contributed by atoms with Crippen LogP contribution in [0.1, 0.15) is 34.1 Å². The molecule has 18 heavy (non-hydrogen) atoms. The van der Waals surface area contributed by atoms with Gasteiger partial charge >= 0.3 is 0 Å². The molecular formula is C17H14O. The third kappa shape index (κ3) is 0.842. The van der Waals surface area contributed by atoms with Crippen LogP contribution in [0.25, 0.3) is 0 Å².